The van der Waals surface area contributed by atoms with Gasteiger partial charge in [-0.15, -0.1) is 0 Å². The highest BCUT2D eigenvalue weighted by atomic mass is 16.2. The Morgan fingerprint density at radius 1 is 1.32 bits per heavy atom. The fraction of sp³-hybridized carbons (Fsp3) is 0.933. The largest absolute Gasteiger partial charge is 0.396 e. The van der Waals surface area contributed by atoms with Gasteiger partial charge in [0.2, 0.25) is 5.91 Å². The Bertz CT molecular complexity index is 292. The molecule has 2 N–H and O–H groups in total. The number of amides is 1. The number of nitrogens with one attached hydrogen (secondary N) is 1. The molecule has 0 radical (unpaired) electrons. The normalized spacial score (nSPS) is 28.2. The van der Waals surface area contributed by atoms with Crippen LogP contribution < -0.4 is 5.32 Å². The molecule has 2 atom stereocenters. The van der Waals surface area contributed by atoms with E-state index in [1.165, 1.54) is 19.3 Å². The molecule has 1 aliphatic carbocycles. The van der Waals surface area contributed by atoms with E-state index in [4.69, 9.17) is 5.11 Å². The molecule has 1 aliphatic heterocycles. The predicted octanol–water partition coefficient (Wildman–Crippen LogP) is 1.39. The van der Waals surface area contributed by atoms with Crippen molar-refractivity contribution in [1.82, 2.24) is 10.2 Å². The molecular weight excluding hydrogens is 240 g/mol. The molecule has 2 unspecified atom stereocenters. The van der Waals surface area contributed by atoms with Crippen LogP contribution in [0.2, 0.25) is 0 Å². The van der Waals surface area contributed by atoms with Crippen LogP contribution in [0, 0.1) is 11.8 Å². The number of carbonyl (C=O) groups is 1. The summed E-state index contributed by atoms with van der Waals surface area (Å²) in [6.07, 6.45) is 7.15. The number of hydrogen-bond acceptors (Lipinski definition) is 3. The summed E-state index contributed by atoms with van der Waals surface area (Å²) in [5.41, 5.74) is 0. The minimum absolute atomic E-state index is 0.184. The fourth-order valence-electron chi connectivity index (χ4n) is 3.23. The van der Waals surface area contributed by atoms with Crippen LogP contribution in [-0.4, -0.2) is 48.2 Å². The Labute approximate surface area is 116 Å². The lowest BCUT2D eigenvalue weighted by molar-refractivity contribution is -0.131. The predicted molar refractivity (Wildman–Crippen MR) is 75.8 cm³/mol. The van der Waals surface area contributed by atoms with Gasteiger partial charge in [-0.25, -0.2) is 0 Å². The van der Waals surface area contributed by atoms with E-state index in [1.54, 1.807) is 6.92 Å². The first-order valence-corrected chi connectivity index (χ1v) is 7.78. The third-order valence-electron chi connectivity index (χ3n) is 4.67. The molecule has 2 aliphatic rings. The van der Waals surface area contributed by atoms with Crippen LogP contribution >= 0.6 is 0 Å². The monoisotopic (exact) mass is 268 g/mol. The van der Waals surface area contributed by atoms with E-state index in [2.05, 4.69) is 5.32 Å². The summed E-state index contributed by atoms with van der Waals surface area (Å²) in [5, 5.41) is 12.6. The molecule has 1 saturated heterocycles. The number of hydrogen-bond donors (Lipinski definition) is 2. The number of rotatable bonds is 6. The molecule has 110 valence electrons. The van der Waals surface area contributed by atoms with Gasteiger partial charge in [-0.05, 0) is 50.5 Å². The molecule has 0 aromatic carbocycles. The summed E-state index contributed by atoms with van der Waals surface area (Å²) in [6, 6.07) is 0.446. The summed E-state index contributed by atoms with van der Waals surface area (Å²) in [5.74, 6) is 1.59. The Morgan fingerprint density at radius 3 is 2.68 bits per heavy atom. The summed E-state index contributed by atoms with van der Waals surface area (Å²) in [4.78, 5) is 13.6. The van der Waals surface area contributed by atoms with Crippen LogP contribution in [0.15, 0.2) is 0 Å². The molecule has 1 heterocycles. The van der Waals surface area contributed by atoms with Gasteiger partial charge in [0.05, 0.1) is 0 Å². The maximum absolute atomic E-state index is 11.6. The summed E-state index contributed by atoms with van der Waals surface area (Å²) in [7, 11) is 0. The first-order valence-electron chi connectivity index (χ1n) is 7.78. The molecule has 19 heavy (non-hydrogen) atoms. The zero-order valence-corrected chi connectivity index (χ0v) is 12.1. The lowest BCUT2D eigenvalue weighted by atomic mass is 9.84. The van der Waals surface area contributed by atoms with E-state index >= 15 is 0 Å². The zero-order chi connectivity index (χ0) is 13.7. The number of aliphatic hydroxyl groups excluding tert-OH is 1. The van der Waals surface area contributed by atoms with E-state index in [-0.39, 0.29) is 12.5 Å². The highest BCUT2D eigenvalue weighted by Crippen LogP contribution is 2.26. The number of carbonyl (C=O) groups excluding carboxylic acids is 1. The van der Waals surface area contributed by atoms with Crippen molar-refractivity contribution in [3.63, 3.8) is 0 Å². The molecule has 2 fully saturated rings. The van der Waals surface area contributed by atoms with Gasteiger partial charge in [-0.3, -0.25) is 4.79 Å². The summed E-state index contributed by atoms with van der Waals surface area (Å²) >= 11 is 0. The minimum Gasteiger partial charge on any atom is -0.396 e. The highest BCUT2D eigenvalue weighted by molar-refractivity contribution is 5.73. The average molecular weight is 268 g/mol. The molecule has 4 nitrogen and oxygen atoms in total. The van der Waals surface area contributed by atoms with Gasteiger partial charge in [0.25, 0.3) is 0 Å². The second-order valence-corrected chi connectivity index (χ2v) is 6.29. The van der Waals surface area contributed by atoms with Crippen molar-refractivity contribution in [1.29, 1.82) is 0 Å². The van der Waals surface area contributed by atoms with Crippen molar-refractivity contribution in [2.75, 3.05) is 26.2 Å². The van der Waals surface area contributed by atoms with E-state index in [1.807, 2.05) is 4.90 Å². The number of nitrogens with zero attached hydrogens (tertiary/aromatic N) is 1. The second kappa shape index (κ2) is 7.25. The zero-order valence-electron chi connectivity index (χ0n) is 12.1. The number of likely N-dealkylation sites (tertiary alicyclic amines) is 1. The lowest BCUT2D eigenvalue weighted by Crippen LogP contribution is -2.51. The molecule has 1 saturated carbocycles. The van der Waals surface area contributed by atoms with Crippen molar-refractivity contribution in [3.05, 3.63) is 0 Å². The van der Waals surface area contributed by atoms with Gasteiger partial charge in [0, 0.05) is 32.7 Å². The van der Waals surface area contributed by atoms with Crippen molar-refractivity contribution in [2.45, 2.75) is 51.5 Å². The molecule has 4 heteroatoms. The molecular formula is C15H28N2O2. The first kappa shape index (κ1) is 14.8. The molecule has 0 aromatic rings. The van der Waals surface area contributed by atoms with Crippen LogP contribution in [0.25, 0.3) is 0 Å². The second-order valence-electron chi connectivity index (χ2n) is 6.29. The molecule has 2 rings (SSSR count). The highest BCUT2D eigenvalue weighted by Gasteiger charge is 2.29. The van der Waals surface area contributed by atoms with Gasteiger partial charge in [0.1, 0.15) is 0 Å². The Balaban J connectivity index is 1.80. The van der Waals surface area contributed by atoms with Gasteiger partial charge >= 0.3 is 0 Å². The molecule has 1 amide bonds. The number of aliphatic hydroxyl groups is 1. The van der Waals surface area contributed by atoms with Crippen molar-refractivity contribution < 1.29 is 9.90 Å². The van der Waals surface area contributed by atoms with E-state index in [0.717, 1.165) is 44.8 Å². The SMILES string of the molecule is CC(=O)N1CC(CCCO)CC(NCC2CCC2)C1. The maximum Gasteiger partial charge on any atom is 0.219 e. The minimum atomic E-state index is 0.184. The number of piperidine rings is 1. The molecule has 0 bridgehead atoms. The third-order valence-corrected chi connectivity index (χ3v) is 4.67. The van der Waals surface area contributed by atoms with Crippen LogP contribution in [-0.2, 0) is 4.79 Å². The first-order chi connectivity index (χ1) is 9.19. The van der Waals surface area contributed by atoms with Crippen LogP contribution in [0.5, 0.6) is 0 Å². The van der Waals surface area contributed by atoms with Gasteiger partial charge in [-0.1, -0.05) is 6.42 Å². The quantitative estimate of drug-likeness (QED) is 0.765. The fourth-order valence-corrected chi connectivity index (χ4v) is 3.23. The van der Waals surface area contributed by atoms with Gasteiger partial charge in [-0.2, -0.15) is 0 Å². The smallest absolute Gasteiger partial charge is 0.219 e. The summed E-state index contributed by atoms with van der Waals surface area (Å²) < 4.78 is 0. The van der Waals surface area contributed by atoms with Crippen LogP contribution in [0.4, 0.5) is 0 Å². The van der Waals surface area contributed by atoms with E-state index in [9.17, 15) is 4.79 Å². The van der Waals surface area contributed by atoms with Gasteiger partial charge in [0.15, 0.2) is 0 Å². The lowest BCUT2D eigenvalue weighted by Gasteiger charge is -2.39. The Morgan fingerprint density at radius 2 is 2.11 bits per heavy atom. The third kappa shape index (κ3) is 4.46. The molecule has 0 spiro atoms. The van der Waals surface area contributed by atoms with E-state index < -0.39 is 0 Å². The van der Waals surface area contributed by atoms with Crippen molar-refractivity contribution >= 4 is 5.91 Å². The Kier molecular flexibility index (Phi) is 5.64. The topological polar surface area (TPSA) is 52.6 Å². The van der Waals surface area contributed by atoms with Crippen LogP contribution in [0.3, 0.4) is 0 Å². The summed E-state index contributed by atoms with van der Waals surface area (Å²) in [6.45, 7) is 4.77. The van der Waals surface area contributed by atoms with Gasteiger partial charge < -0.3 is 15.3 Å². The maximum atomic E-state index is 11.6. The molecule has 0 aromatic heterocycles. The van der Waals surface area contributed by atoms with Crippen molar-refractivity contribution in [2.24, 2.45) is 11.8 Å². The standard InChI is InChI=1S/C15H28N2O2/c1-12(19)17-10-14(6-3-7-18)8-15(11-17)16-9-13-4-2-5-13/h13-16,18H,2-11H2,1H3. The van der Waals surface area contributed by atoms with Crippen LogP contribution in [0.1, 0.15) is 45.4 Å². The average Bonchev–Trinajstić information content (AvgIpc) is 2.34. The van der Waals surface area contributed by atoms with E-state index in [0.29, 0.717) is 12.0 Å². The van der Waals surface area contributed by atoms with Crippen molar-refractivity contribution in [3.8, 4) is 0 Å². The Hall–Kier alpha value is -0.610.